The first-order valence-corrected chi connectivity index (χ1v) is 6.80. The predicted molar refractivity (Wildman–Crippen MR) is 63.9 cm³/mol. The quantitative estimate of drug-likeness (QED) is 0.770. The van der Waals surface area contributed by atoms with Gasteiger partial charge in [0.1, 0.15) is 0 Å². The van der Waals surface area contributed by atoms with Gasteiger partial charge in [-0.2, -0.15) is 0 Å². The van der Waals surface area contributed by atoms with Gasteiger partial charge in [0.25, 0.3) is 0 Å². The summed E-state index contributed by atoms with van der Waals surface area (Å²) in [7, 11) is 0. The van der Waals surface area contributed by atoms with Crippen LogP contribution in [0.2, 0.25) is 0 Å². The molecule has 0 atom stereocenters. The molecular weight excluding hydrogens is 218 g/mol. The minimum absolute atomic E-state index is 0.0157. The van der Waals surface area contributed by atoms with E-state index in [0.717, 1.165) is 52.4 Å². The van der Waals surface area contributed by atoms with Crippen LogP contribution < -0.4 is 0 Å². The Morgan fingerprint density at radius 3 is 1.94 bits per heavy atom. The maximum absolute atomic E-state index is 9.74. The van der Waals surface area contributed by atoms with E-state index < -0.39 is 0 Å². The fourth-order valence-corrected chi connectivity index (χ4v) is 3.55. The second-order valence-corrected chi connectivity index (χ2v) is 5.96. The molecule has 0 aromatic heterocycles. The Morgan fingerprint density at radius 1 is 0.882 bits per heavy atom. The van der Waals surface area contributed by atoms with E-state index in [2.05, 4.69) is 4.90 Å². The number of nitrogens with zero attached hydrogens (tertiary/aromatic N) is 1. The van der Waals surface area contributed by atoms with Crippen LogP contribution in [0.25, 0.3) is 0 Å². The number of aliphatic hydroxyl groups excluding tert-OH is 1. The molecule has 3 rings (SSSR count). The molecule has 3 fully saturated rings. The lowest BCUT2D eigenvalue weighted by molar-refractivity contribution is -0.159. The molecule has 0 saturated carbocycles. The third kappa shape index (κ3) is 2.01. The van der Waals surface area contributed by atoms with Crippen molar-refractivity contribution in [3.8, 4) is 0 Å². The molecule has 4 nitrogen and oxygen atoms in total. The van der Waals surface area contributed by atoms with E-state index in [1.54, 1.807) is 0 Å². The van der Waals surface area contributed by atoms with Crippen molar-refractivity contribution in [2.75, 3.05) is 46.1 Å². The summed E-state index contributed by atoms with van der Waals surface area (Å²) in [6.45, 7) is 6.02. The Morgan fingerprint density at radius 2 is 1.41 bits per heavy atom. The number of ether oxygens (including phenoxy) is 2. The maximum atomic E-state index is 9.74. The lowest BCUT2D eigenvalue weighted by Gasteiger charge is -2.60. The van der Waals surface area contributed by atoms with E-state index in [-0.39, 0.29) is 12.1 Å². The molecule has 3 saturated heterocycles. The third-order valence-corrected chi connectivity index (χ3v) is 4.99. The molecule has 0 amide bonds. The minimum Gasteiger partial charge on any atom is -0.394 e. The van der Waals surface area contributed by atoms with Gasteiger partial charge >= 0.3 is 0 Å². The van der Waals surface area contributed by atoms with Crippen LogP contribution in [0.3, 0.4) is 0 Å². The minimum atomic E-state index is 0.0157. The van der Waals surface area contributed by atoms with E-state index in [1.165, 1.54) is 12.8 Å². The Balaban J connectivity index is 1.62. The molecule has 0 aromatic carbocycles. The zero-order valence-electron chi connectivity index (χ0n) is 10.5. The molecule has 98 valence electrons. The molecule has 3 heterocycles. The Bertz CT molecular complexity index is 262. The summed E-state index contributed by atoms with van der Waals surface area (Å²) in [5.74, 6) is 0. The van der Waals surface area contributed by atoms with Crippen molar-refractivity contribution in [2.24, 2.45) is 5.41 Å². The van der Waals surface area contributed by atoms with Crippen molar-refractivity contribution < 1.29 is 14.6 Å². The van der Waals surface area contributed by atoms with Gasteiger partial charge in [-0.25, -0.2) is 0 Å². The van der Waals surface area contributed by atoms with Gasteiger partial charge in [0.15, 0.2) is 0 Å². The number of hydrogen-bond acceptors (Lipinski definition) is 4. The average molecular weight is 241 g/mol. The van der Waals surface area contributed by atoms with Crippen LogP contribution in [0.5, 0.6) is 0 Å². The number of hydrogen-bond donors (Lipinski definition) is 1. The van der Waals surface area contributed by atoms with Crippen LogP contribution in [0.4, 0.5) is 0 Å². The summed E-state index contributed by atoms with van der Waals surface area (Å²) >= 11 is 0. The Kier molecular flexibility index (Phi) is 3.15. The molecule has 1 spiro atoms. The number of likely N-dealkylation sites (tertiary alicyclic amines) is 1. The molecule has 4 heteroatoms. The summed E-state index contributed by atoms with van der Waals surface area (Å²) in [6, 6.07) is 0. The summed E-state index contributed by atoms with van der Waals surface area (Å²) < 4.78 is 10.9. The van der Waals surface area contributed by atoms with Gasteiger partial charge in [-0.1, -0.05) is 0 Å². The summed E-state index contributed by atoms with van der Waals surface area (Å²) in [6.07, 6.45) is 4.36. The molecule has 0 aromatic rings. The fraction of sp³-hybridized carbons (Fsp3) is 1.00. The topological polar surface area (TPSA) is 41.9 Å². The van der Waals surface area contributed by atoms with Gasteiger partial charge in [-0.15, -0.1) is 0 Å². The zero-order chi connectivity index (χ0) is 11.8. The number of rotatable bonds is 2. The largest absolute Gasteiger partial charge is 0.394 e. The molecule has 0 radical (unpaired) electrons. The highest BCUT2D eigenvalue weighted by molar-refractivity contribution is 5.05. The molecule has 0 bridgehead atoms. The van der Waals surface area contributed by atoms with E-state index in [9.17, 15) is 5.11 Å². The van der Waals surface area contributed by atoms with Crippen LogP contribution in [0.1, 0.15) is 25.7 Å². The first-order chi connectivity index (χ1) is 8.29. The molecule has 3 aliphatic rings. The van der Waals surface area contributed by atoms with Crippen molar-refractivity contribution >= 4 is 0 Å². The van der Waals surface area contributed by atoms with Crippen molar-refractivity contribution in [2.45, 2.75) is 31.2 Å². The van der Waals surface area contributed by atoms with Crippen LogP contribution in [-0.4, -0.2) is 61.7 Å². The SMILES string of the molecule is OCC1(N2CC3(CCOCC3)C2)CCOCC1. The fourth-order valence-electron chi connectivity index (χ4n) is 3.55. The van der Waals surface area contributed by atoms with Gasteiger partial charge in [-0.05, 0) is 25.7 Å². The lowest BCUT2D eigenvalue weighted by atomic mass is 9.70. The Labute approximate surface area is 103 Å². The predicted octanol–water partition coefficient (Wildman–Crippen LogP) is 0.640. The Hall–Kier alpha value is -0.160. The summed E-state index contributed by atoms with van der Waals surface area (Å²) in [4.78, 5) is 2.50. The van der Waals surface area contributed by atoms with Gasteiger partial charge in [-0.3, -0.25) is 4.90 Å². The standard InChI is InChI=1S/C13H23NO3/c15-11-13(3-7-17-8-4-13)14-9-12(10-14)1-5-16-6-2-12/h15H,1-11H2. The normalized spacial score (nSPS) is 32.3. The van der Waals surface area contributed by atoms with Gasteiger partial charge in [0, 0.05) is 50.5 Å². The highest BCUT2D eigenvalue weighted by Gasteiger charge is 2.51. The lowest BCUT2D eigenvalue weighted by Crippen LogP contribution is -2.68. The van der Waals surface area contributed by atoms with E-state index in [1.807, 2.05) is 0 Å². The monoisotopic (exact) mass is 241 g/mol. The van der Waals surface area contributed by atoms with Crippen LogP contribution >= 0.6 is 0 Å². The van der Waals surface area contributed by atoms with Crippen LogP contribution in [0.15, 0.2) is 0 Å². The molecule has 0 aliphatic carbocycles. The second-order valence-electron chi connectivity index (χ2n) is 5.96. The molecule has 17 heavy (non-hydrogen) atoms. The van der Waals surface area contributed by atoms with Gasteiger partial charge < -0.3 is 14.6 Å². The van der Waals surface area contributed by atoms with Crippen molar-refractivity contribution in [1.82, 2.24) is 4.90 Å². The highest BCUT2D eigenvalue weighted by Crippen LogP contribution is 2.45. The van der Waals surface area contributed by atoms with E-state index in [0.29, 0.717) is 5.41 Å². The first kappa shape index (κ1) is 11.9. The van der Waals surface area contributed by atoms with Gasteiger partial charge in [0.2, 0.25) is 0 Å². The van der Waals surface area contributed by atoms with Crippen molar-refractivity contribution in [3.05, 3.63) is 0 Å². The average Bonchev–Trinajstić information content (AvgIpc) is 2.38. The smallest absolute Gasteiger partial charge is 0.0617 e. The molecular formula is C13H23NO3. The molecule has 0 unspecified atom stereocenters. The van der Waals surface area contributed by atoms with Crippen molar-refractivity contribution in [3.63, 3.8) is 0 Å². The number of aliphatic hydroxyl groups is 1. The van der Waals surface area contributed by atoms with Crippen LogP contribution in [0, 0.1) is 5.41 Å². The molecule has 3 aliphatic heterocycles. The van der Waals surface area contributed by atoms with E-state index in [4.69, 9.17) is 9.47 Å². The zero-order valence-corrected chi connectivity index (χ0v) is 10.5. The van der Waals surface area contributed by atoms with Crippen LogP contribution in [-0.2, 0) is 9.47 Å². The summed E-state index contributed by atoms with van der Waals surface area (Å²) in [5.41, 5.74) is 0.514. The first-order valence-electron chi connectivity index (χ1n) is 6.80. The van der Waals surface area contributed by atoms with Gasteiger partial charge in [0.05, 0.1) is 6.61 Å². The molecule has 1 N–H and O–H groups in total. The maximum Gasteiger partial charge on any atom is 0.0617 e. The second kappa shape index (κ2) is 4.50. The van der Waals surface area contributed by atoms with E-state index >= 15 is 0 Å². The summed E-state index contributed by atoms with van der Waals surface area (Å²) in [5, 5.41) is 9.74. The van der Waals surface area contributed by atoms with Crippen molar-refractivity contribution in [1.29, 1.82) is 0 Å². The third-order valence-electron chi connectivity index (χ3n) is 4.99. The highest BCUT2D eigenvalue weighted by atomic mass is 16.5.